The number of ether oxygens (including phenoxy) is 1. The SMILES string of the molecule is CCN(CC)S(=O)(=O)c1ccc(C(C)NC(=O)NCc2ccccc2OC(F)F)cc1. The minimum Gasteiger partial charge on any atom is -0.434 e. The fraction of sp³-hybridized carbons (Fsp3) is 0.381. The van der Waals surface area contributed by atoms with Crippen LogP contribution in [0.15, 0.2) is 53.4 Å². The van der Waals surface area contributed by atoms with Crippen molar-refractivity contribution in [2.75, 3.05) is 13.1 Å². The Hall–Kier alpha value is -2.72. The molecule has 170 valence electrons. The van der Waals surface area contributed by atoms with E-state index in [1.165, 1.54) is 22.5 Å². The fourth-order valence-corrected chi connectivity index (χ4v) is 4.47. The molecular weight excluding hydrogens is 428 g/mol. The topological polar surface area (TPSA) is 87.7 Å². The predicted octanol–water partition coefficient (Wildman–Crippen LogP) is 3.88. The zero-order valence-corrected chi connectivity index (χ0v) is 18.5. The lowest BCUT2D eigenvalue weighted by atomic mass is 10.1. The first-order valence-electron chi connectivity index (χ1n) is 9.86. The van der Waals surface area contributed by atoms with Crippen LogP contribution in [0.5, 0.6) is 5.75 Å². The minimum atomic E-state index is -3.55. The van der Waals surface area contributed by atoms with Crippen molar-refractivity contribution in [2.45, 2.75) is 44.9 Å². The molecule has 10 heteroatoms. The number of sulfonamides is 1. The van der Waals surface area contributed by atoms with Gasteiger partial charge in [-0.25, -0.2) is 13.2 Å². The van der Waals surface area contributed by atoms with Crippen LogP contribution in [0.3, 0.4) is 0 Å². The maximum atomic E-state index is 12.6. The van der Waals surface area contributed by atoms with E-state index < -0.39 is 28.7 Å². The lowest BCUT2D eigenvalue weighted by molar-refractivity contribution is -0.0504. The van der Waals surface area contributed by atoms with E-state index >= 15 is 0 Å². The average molecular weight is 456 g/mol. The Balaban J connectivity index is 1.98. The van der Waals surface area contributed by atoms with Crippen molar-refractivity contribution >= 4 is 16.1 Å². The third-order valence-corrected chi connectivity index (χ3v) is 6.76. The van der Waals surface area contributed by atoms with Crippen LogP contribution in [0, 0.1) is 0 Å². The number of nitrogens with one attached hydrogen (secondary N) is 2. The molecule has 0 bridgehead atoms. The van der Waals surface area contributed by atoms with Crippen molar-refractivity contribution in [2.24, 2.45) is 0 Å². The number of halogens is 2. The number of carbonyl (C=O) groups excluding carboxylic acids is 1. The number of carbonyl (C=O) groups is 1. The number of amides is 2. The Morgan fingerprint density at radius 3 is 2.26 bits per heavy atom. The van der Waals surface area contributed by atoms with E-state index in [9.17, 15) is 22.0 Å². The first kappa shape index (κ1) is 24.5. The highest BCUT2D eigenvalue weighted by Crippen LogP contribution is 2.21. The zero-order chi connectivity index (χ0) is 23.0. The molecule has 0 saturated heterocycles. The van der Waals surface area contributed by atoms with E-state index in [0.29, 0.717) is 18.7 Å². The van der Waals surface area contributed by atoms with Crippen LogP contribution < -0.4 is 15.4 Å². The van der Waals surface area contributed by atoms with Gasteiger partial charge in [-0.3, -0.25) is 0 Å². The first-order chi connectivity index (χ1) is 14.7. The molecule has 2 amide bonds. The summed E-state index contributed by atoms with van der Waals surface area (Å²) in [5.74, 6) is -0.00384. The highest BCUT2D eigenvalue weighted by atomic mass is 32.2. The second-order valence-corrected chi connectivity index (χ2v) is 8.63. The van der Waals surface area contributed by atoms with Crippen molar-refractivity contribution in [1.82, 2.24) is 14.9 Å². The maximum absolute atomic E-state index is 12.6. The quantitative estimate of drug-likeness (QED) is 0.569. The number of nitrogens with zero attached hydrogens (tertiary/aromatic N) is 1. The number of hydrogen-bond acceptors (Lipinski definition) is 4. The highest BCUT2D eigenvalue weighted by Gasteiger charge is 2.21. The molecule has 2 rings (SSSR count). The minimum absolute atomic E-state index is 0.00248. The molecule has 0 spiro atoms. The molecule has 2 aromatic carbocycles. The van der Waals surface area contributed by atoms with E-state index in [-0.39, 0.29) is 17.2 Å². The lowest BCUT2D eigenvalue weighted by Gasteiger charge is -2.19. The molecule has 2 aromatic rings. The summed E-state index contributed by atoms with van der Waals surface area (Å²) in [6, 6.07) is 11.6. The van der Waals surface area contributed by atoms with Crippen LogP contribution in [0.25, 0.3) is 0 Å². The van der Waals surface area contributed by atoms with Crippen LogP contribution in [-0.4, -0.2) is 38.5 Å². The number of hydrogen-bond donors (Lipinski definition) is 2. The van der Waals surface area contributed by atoms with E-state index in [0.717, 1.165) is 5.56 Å². The average Bonchev–Trinajstić information content (AvgIpc) is 2.73. The summed E-state index contributed by atoms with van der Waals surface area (Å²) in [4.78, 5) is 12.4. The molecule has 7 nitrogen and oxygen atoms in total. The van der Waals surface area contributed by atoms with Gasteiger partial charge in [0.2, 0.25) is 10.0 Å². The van der Waals surface area contributed by atoms with Crippen LogP contribution >= 0.6 is 0 Å². The Labute approximate surface area is 181 Å². The van der Waals surface area contributed by atoms with Gasteiger partial charge in [0.15, 0.2) is 0 Å². The van der Waals surface area contributed by atoms with Gasteiger partial charge in [-0.15, -0.1) is 0 Å². The summed E-state index contributed by atoms with van der Waals surface area (Å²) in [5, 5.41) is 5.33. The van der Waals surface area contributed by atoms with E-state index in [1.54, 1.807) is 51.1 Å². The number of alkyl halides is 2. The third-order valence-electron chi connectivity index (χ3n) is 4.70. The third kappa shape index (κ3) is 6.63. The number of rotatable bonds is 10. The van der Waals surface area contributed by atoms with Gasteiger partial charge in [-0.2, -0.15) is 13.1 Å². The Morgan fingerprint density at radius 2 is 1.68 bits per heavy atom. The molecule has 31 heavy (non-hydrogen) atoms. The number of urea groups is 1. The second-order valence-electron chi connectivity index (χ2n) is 6.69. The molecule has 0 aliphatic heterocycles. The zero-order valence-electron chi connectivity index (χ0n) is 17.6. The van der Waals surface area contributed by atoms with Gasteiger partial charge in [-0.05, 0) is 30.7 Å². The predicted molar refractivity (Wildman–Crippen MR) is 113 cm³/mol. The molecule has 0 heterocycles. The summed E-state index contributed by atoms with van der Waals surface area (Å²) in [6.07, 6.45) is 0. The molecule has 0 radical (unpaired) electrons. The molecule has 0 saturated carbocycles. The fourth-order valence-electron chi connectivity index (χ4n) is 3.01. The van der Waals surface area contributed by atoms with Gasteiger partial charge >= 0.3 is 12.6 Å². The van der Waals surface area contributed by atoms with Gasteiger partial charge in [0.25, 0.3) is 0 Å². The second kappa shape index (κ2) is 11.1. The molecular formula is C21H27F2N3O4S. The summed E-state index contributed by atoms with van der Waals surface area (Å²) in [7, 11) is -3.55. The van der Waals surface area contributed by atoms with Crippen LogP contribution in [0.4, 0.5) is 13.6 Å². The summed E-state index contributed by atoms with van der Waals surface area (Å²) in [5.41, 5.74) is 1.13. The van der Waals surface area contributed by atoms with E-state index in [4.69, 9.17) is 0 Å². The summed E-state index contributed by atoms with van der Waals surface area (Å²) >= 11 is 0. The van der Waals surface area contributed by atoms with Crippen molar-refractivity contribution in [3.63, 3.8) is 0 Å². The largest absolute Gasteiger partial charge is 0.434 e. The summed E-state index contributed by atoms with van der Waals surface area (Å²) < 4.78 is 55.9. The normalized spacial score (nSPS) is 12.6. The van der Waals surface area contributed by atoms with Crippen LogP contribution in [0.2, 0.25) is 0 Å². The molecule has 1 atom stereocenters. The maximum Gasteiger partial charge on any atom is 0.387 e. The van der Waals surface area contributed by atoms with Gasteiger partial charge in [0.1, 0.15) is 5.75 Å². The molecule has 1 unspecified atom stereocenters. The summed E-state index contributed by atoms with van der Waals surface area (Å²) in [6.45, 7) is 3.11. The monoisotopic (exact) mass is 455 g/mol. The van der Waals surface area contributed by atoms with Crippen LogP contribution in [-0.2, 0) is 16.6 Å². The van der Waals surface area contributed by atoms with Gasteiger partial charge < -0.3 is 15.4 Å². The Bertz CT molecular complexity index is 965. The lowest BCUT2D eigenvalue weighted by Crippen LogP contribution is -2.36. The van der Waals surface area contributed by atoms with Crippen LogP contribution in [0.1, 0.15) is 37.9 Å². The van der Waals surface area contributed by atoms with Crippen molar-refractivity contribution in [3.8, 4) is 5.75 Å². The van der Waals surface area contributed by atoms with Gasteiger partial charge in [0.05, 0.1) is 10.9 Å². The van der Waals surface area contributed by atoms with E-state index in [1.807, 2.05) is 0 Å². The van der Waals surface area contributed by atoms with Gasteiger partial charge in [-0.1, -0.05) is 44.2 Å². The Kier molecular flexibility index (Phi) is 8.76. The number of benzene rings is 2. The van der Waals surface area contributed by atoms with Crippen molar-refractivity contribution < 1.29 is 26.7 Å². The smallest absolute Gasteiger partial charge is 0.387 e. The first-order valence-corrected chi connectivity index (χ1v) is 11.3. The molecule has 0 aliphatic carbocycles. The molecule has 0 aliphatic rings. The molecule has 0 fully saturated rings. The van der Waals surface area contributed by atoms with E-state index in [2.05, 4.69) is 15.4 Å². The standard InChI is InChI=1S/C21H27F2N3O4S/c1-4-26(5-2)31(28,29)18-12-10-16(11-13-18)15(3)25-21(27)24-14-17-8-6-7-9-19(17)30-20(22)23/h6-13,15,20H,4-5,14H2,1-3H3,(H2,24,25,27). The highest BCUT2D eigenvalue weighted by molar-refractivity contribution is 7.89. The van der Waals surface area contributed by atoms with Gasteiger partial charge in [0, 0.05) is 25.2 Å². The van der Waals surface area contributed by atoms with Crippen molar-refractivity contribution in [3.05, 3.63) is 59.7 Å². The van der Waals surface area contributed by atoms with Crippen molar-refractivity contribution in [1.29, 1.82) is 0 Å². The molecule has 2 N–H and O–H groups in total. The molecule has 0 aromatic heterocycles. The number of para-hydroxylation sites is 1. The Morgan fingerprint density at radius 1 is 1.06 bits per heavy atom.